The molecule has 0 aromatic heterocycles. The average molecular weight is 313 g/mol. The molecular formula is C14H14F3N3S. The van der Waals surface area contributed by atoms with Crippen LogP contribution in [0.1, 0.15) is 30.9 Å². The van der Waals surface area contributed by atoms with Gasteiger partial charge in [-0.3, -0.25) is 4.99 Å². The number of alkyl halides is 3. The summed E-state index contributed by atoms with van der Waals surface area (Å²) in [4.78, 5) is 4.45. The highest BCUT2D eigenvalue weighted by Crippen LogP contribution is 2.34. The van der Waals surface area contributed by atoms with Gasteiger partial charge in [0.2, 0.25) is 0 Å². The Kier molecular flexibility index (Phi) is 4.78. The first-order chi connectivity index (χ1) is 9.94. The van der Waals surface area contributed by atoms with Crippen LogP contribution in [0.4, 0.5) is 18.9 Å². The summed E-state index contributed by atoms with van der Waals surface area (Å²) >= 11 is 1.49. The highest BCUT2D eigenvalue weighted by Gasteiger charge is 2.34. The molecule has 7 heteroatoms. The summed E-state index contributed by atoms with van der Waals surface area (Å²) in [6.45, 7) is 2.03. The minimum absolute atomic E-state index is 0.217. The number of rotatable bonds is 2. The molecule has 1 atom stereocenters. The molecule has 0 radical (unpaired) electrons. The lowest BCUT2D eigenvalue weighted by molar-refractivity contribution is -0.137. The highest BCUT2D eigenvalue weighted by atomic mass is 32.2. The molecule has 2 rings (SSSR count). The number of nitrogens with zero attached hydrogens (tertiary/aromatic N) is 2. The zero-order valence-corrected chi connectivity index (χ0v) is 12.2. The predicted molar refractivity (Wildman–Crippen MR) is 78.4 cm³/mol. The molecule has 112 valence electrons. The van der Waals surface area contributed by atoms with E-state index >= 15 is 0 Å². The smallest absolute Gasteiger partial charge is 0.335 e. The minimum atomic E-state index is -4.55. The second kappa shape index (κ2) is 6.39. The molecular weight excluding hydrogens is 299 g/mol. The first-order valence-electron chi connectivity index (χ1n) is 6.53. The number of benzene rings is 1. The topological polar surface area (TPSA) is 48.2 Å². The van der Waals surface area contributed by atoms with E-state index < -0.39 is 11.7 Å². The van der Waals surface area contributed by atoms with Crippen LogP contribution < -0.4 is 5.32 Å². The Morgan fingerprint density at radius 2 is 2.24 bits per heavy atom. The molecule has 1 unspecified atom stereocenters. The molecule has 0 amide bonds. The second-order valence-corrected chi connectivity index (χ2v) is 5.71. The Balaban J connectivity index is 2.26. The van der Waals surface area contributed by atoms with Crippen LogP contribution >= 0.6 is 11.8 Å². The zero-order chi connectivity index (χ0) is 15.5. The highest BCUT2D eigenvalue weighted by molar-refractivity contribution is 8.14. The fourth-order valence-electron chi connectivity index (χ4n) is 2.00. The van der Waals surface area contributed by atoms with Gasteiger partial charge in [0.15, 0.2) is 5.17 Å². The van der Waals surface area contributed by atoms with Crippen molar-refractivity contribution in [1.82, 2.24) is 0 Å². The van der Waals surface area contributed by atoms with Gasteiger partial charge in [0.1, 0.15) is 0 Å². The third-order valence-electron chi connectivity index (χ3n) is 3.16. The SMILES string of the molecule is CCC1CCSC(Nc2ccc(C#N)c(C(F)(F)F)c2)=N1. The van der Waals surface area contributed by atoms with Gasteiger partial charge in [0.05, 0.1) is 23.2 Å². The van der Waals surface area contributed by atoms with Crippen LogP contribution in [0.15, 0.2) is 23.2 Å². The first-order valence-corrected chi connectivity index (χ1v) is 7.51. The monoisotopic (exact) mass is 313 g/mol. The van der Waals surface area contributed by atoms with Gasteiger partial charge in [-0.2, -0.15) is 18.4 Å². The average Bonchev–Trinajstić information content (AvgIpc) is 2.46. The molecule has 21 heavy (non-hydrogen) atoms. The van der Waals surface area contributed by atoms with Crippen LogP contribution in [0.25, 0.3) is 0 Å². The van der Waals surface area contributed by atoms with Crippen LogP contribution in [0.3, 0.4) is 0 Å². The van der Waals surface area contributed by atoms with Gasteiger partial charge in [0.25, 0.3) is 0 Å². The molecule has 0 saturated heterocycles. The number of hydrogen-bond acceptors (Lipinski definition) is 4. The molecule has 0 aliphatic carbocycles. The third kappa shape index (κ3) is 3.91. The molecule has 1 heterocycles. The van der Waals surface area contributed by atoms with Crippen molar-refractivity contribution in [3.8, 4) is 6.07 Å². The number of amidine groups is 1. The van der Waals surface area contributed by atoms with Crippen LogP contribution in [-0.2, 0) is 6.18 Å². The maximum Gasteiger partial charge on any atom is 0.417 e. The number of aliphatic imine (C=N–C) groups is 1. The van der Waals surface area contributed by atoms with Gasteiger partial charge < -0.3 is 5.32 Å². The fraction of sp³-hybridized carbons (Fsp3) is 0.429. The molecule has 1 aliphatic heterocycles. The Bertz CT molecular complexity index is 590. The molecule has 1 aromatic rings. The number of thioether (sulfide) groups is 1. The Hall–Kier alpha value is -1.68. The molecule has 0 spiro atoms. The zero-order valence-electron chi connectivity index (χ0n) is 11.4. The largest absolute Gasteiger partial charge is 0.417 e. The summed E-state index contributed by atoms with van der Waals surface area (Å²) in [6.07, 6.45) is -2.66. The summed E-state index contributed by atoms with van der Waals surface area (Å²) in [7, 11) is 0. The van der Waals surface area contributed by atoms with E-state index in [0.29, 0.717) is 10.9 Å². The Labute approximate surface area is 125 Å². The normalized spacial score (nSPS) is 18.8. The van der Waals surface area contributed by atoms with E-state index in [1.165, 1.54) is 23.9 Å². The molecule has 1 aromatic carbocycles. The van der Waals surface area contributed by atoms with Gasteiger partial charge >= 0.3 is 6.18 Å². The summed E-state index contributed by atoms with van der Waals surface area (Å²) in [5, 5.41) is 12.3. The maximum absolute atomic E-state index is 12.9. The van der Waals surface area contributed by atoms with Crippen molar-refractivity contribution in [3.05, 3.63) is 29.3 Å². The number of nitrogens with one attached hydrogen (secondary N) is 1. The van der Waals surface area contributed by atoms with E-state index in [1.807, 2.05) is 6.92 Å². The van der Waals surface area contributed by atoms with Crippen LogP contribution in [-0.4, -0.2) is 17.0 Å². The summed E-state index contributed by atoms with van der Waals surface area (Å²) in [6, 6.07) is 5.38. The number of hydrogen-bond donors (Lipinski definition) is 1. The molecule has 1 aliphatic rings. The van der Waals surface area contributed by atoms with E-state index in [0.717, 1.165) is 24.7 Å². The van der Waals surface area contributed by atoms with Crippen molar-refractivity contribution >= 4 is 22.6 Å². The van der Waals surface area contributed by atoms with E-state index in [9.17, 15) is 13.2 Å². The van der Waals surface area contributed by atoms with Gasteiger partial charge in [-0.1, -0.05) is 18.7 Å². The van der Waals surface area contributed by atoms with Gasteiger partial charge in [0, 0.05) is 11.4 Å². The first kappa shape index (κ1) is 15.7. The molecule has 0 fully saturated rings. The fourth-order valence-corrected chi connectivity index (χ4v) is 3.00. The third-order valence-corrected chi connectivity index (χ3v) is 4.08. The standard InChI is InChI=1S/C14H14F3N3S/c1-2-10-5-6-21-13(19-10)20-11-4-3-9(8-18)12(7-11)14(15,16)17/h3-4,7,10H,2,5-6H2,1H3,(H,19,20). The van der Waals surface area contributed by atoms with E-state index in [2.05, 4.69) is 10.3 Å². The maximum atomic E-state index is 12.9. The van der Waals surface area contributed by atoms with Crippen LogP contribution in [0.2, 0.25) is 0 Å². The quantitative estimate of drug-likeness (QED) is 0.887. The second-order valence-electron chi connectivity index (χ2n) is 4.63. The van der Waals surface area contributed by atoms with E-state index in [-0.39, 0.29) is 11.6 Å². The van der Waals surface area contributed by atoms with Crippen molar-refractivity contribution < 1.29 is 13.2 Å². The lowest BCUT2D eigenvalue weighted by Gasteiger charge is -2.20. The van der Waals surface area contributed by atoms with Crippen molar-refractivity contribution in [3.63, 3.8) is 0 Å². The molecule has 1 N–H and O–H groups in total. The lowest BCUT2D eigenvalue weighted by Crippen LogP contribution is -2.20. The van der Waals surface area contributed by atoms with Crippen molar-refractivity contribution in [2.45, 2.75) is 32.0 Å². The summed E-state index contributed by atoms with van der Waals surface area (Å²) < 4.78 is 38.7. The van der Waals surface area contributed by atoms with Crippen LogP contribution in [0.5, 0.6) is 0 Å². The Morgan fingerprint density at radius 1 is 1.48 bits per heavy atom. The lowest BCUT2D eigenvalue weighted by atomic mass is 10.1. The molecule has 3 nitrogen and oxygen atoms in total. The van der Waals surface area contributed by atoms with Gasteiger partial charge in [-0.05, 0) is 31.0 Å². The number of halogens is 3. The van der Waals surface area contributed by atoms with Gasteiger partial charge in [-0.15, -0.1) is 0 Å². The van der Waals surface area contributed by atoms with E-state index in [1.54, 1.807) is 6.07 Å². The van der Waals surface area contributed by atoms with Crippen molar-refractivity contribution in [2.75, 3.05) is 11.1 Å². The number of nitriles is 1. The molecule has 0 saturated carbocycles. The van der Waals surface area contributed by atoms with Gasteiger partial charge in [-0.25, -0.2) is 0 Å². The Morgan fingerprint density at radius 3 is 2.86 bits per heavy atom. The summed E-state index contributed by atoms with van der Waals surface area (Å²) in [5.41, 5.74) is -1.01. The van der Waals surface area contributed by atoms with Crippen LogP contribution in [0, 0.1) is 11.3 Å². The predicted octanol–water partition coefficient (Wildman–Crippen LogP) is 4.26. The summed E-state index contributed by atoms with van der Waals surface area (Å²) in [5.74, 6) is 0.896. The molecule has 0 bridgehead atoms. The minimum Gasteiger partial charge on any atom is -0.335 e. The number of anilines is 1. The van der Waals surface area contributed by atoms with Crippen molar-refractivity contribution in [2.24, 2.45) is 4.99 Å². The van der Waals surface area contributed by atoms with Crippen molar-refractivity contribution in [1.29, 1.82) is 5.26 Å². The van der Waals surface area contributed by atoms with E-state index in [4.69, 9.17) is 5.26 Å².